The summed E-state index contributed by atoms with van der Waals surface area (Å²) in [5.41, 5.74) is 1.51. The van der Waals surface area contributed by atoms with E-state index in [1.165, 1.54) is 7.05 Å². The van der Waals surface area contributed by atoms with Gasteiger partial charge in [0.2, 0.25) is 5.91 Å². The van der Waals surface area contributed by atoms with E-state index in [4.69, 9.17) is 23.2 Å². The molecule has 0 saturated heterocycles. The number of amides is 3. The molecule has 1 unspecified atom stereocenters. The number of fused-ring (bicyclic) bond motifs is 1. The smallest absolute Gasteiger partial charge is 0.255 e. The fourth-order valence-electron chi connectivity index (χ4n) is 4.03. The Hall–Kier alpha value is -3.07. The largest absolute Gasteiger partial charge is 0.367 e. The Morgan fingerprint density at radius 1 is 1.03 bits per heavy atom. The summed E-state index contributed by atoms with van der Waals surface area (Å²) in [6, 6.07) is 17.5. The van der Waals surface area contributed by atoms with Crippen molar-refractivity contribution in [3.8, 4) is 0 Å². The van der Waals surface area contributed by atoms with Crippen LogP contribution in [0.3, 0.4) is 0 Å². The molecule has 3 aromatic rings. The maximum atomic E-state index is 13.6. The topological polar surface area (TPSA) is 99.3 Å². The van der Waals surface area contributed by atoms with Crippen LogP contribution in [0.2, 0.25) is 10.0 Å². The van der Waals surface area contributed by atoms with E-state index >= 15 is 0 Å². The first-order valence-corrected chi connectivity index (χ1v) is 12.2. The van der Waals surface area contributed by atoms with E-state index in [9.17, 15) is 14.4 Å². The van der Waals surface area contributed by atoms with Crippen LogP contribution in [0.1, 0.15) is 21.5 Å². The highest BCUT2D eigenvalue weighted by Crippen LogP contribution is 2.43. The first kappa shape index (κ1) is 25.0. The Bertz CT molecular complexity index is 1330. The lowest BCUT2D eigenvalue weighted by Crippen LogP contribution is -2.45. The van der Waals surface area contributed by atoms with Crippen molar-refractivity contribution < 1.29 is 14.4 Å². The van der Waals surface area contributed by atoms with Crippen LogP contribution in [0.5, 0.6) is 0 Å². The van der Waals surface area contributed by atoms with Gasteiger partial charge in [0.05, 0.1) is 12.1 Å². The Kier molecular flexibility index (Phi) is 7.35. The lowest BCUT2D eigenvalue weighted by Gasteiger charge is -2.31. The number of likely N-dealkylation sites (N-methyl/N-ethyl adjacent to an activating group) is 1. The van der Waals surface area contributed by atoms with Crippen molar-refractivity contribution in [1.29, 1.82) is 0 Å². The number of rotatable bonds is 7. The number of carbonyl (C=O) groups excluding carboxylic acids is 3. The Balaban J connectivity index is 1.80. The molecule has 1 aliphatic heterocycles. The zero-order valence-corrected chi connectivity index (χ0v) is 21.6. The minimum Gasteiger partial charge on any atom is -0.367 e. The third kappa shape index (κ3) is 5.29. The molecule has 0 bridgehead atoms. The second-order valence-corrected chi connectivity index (χ2v) is 9.82. The number of anilines is 2. The van der Waals surface area contributed by atoms with Crippen molar-refractivity contribution >= 4 is 68.2 Å². The first-order chi connectivity index (χ1) is 16.7. The summed E-state index contributed by atoms with van der Waals surface area (Å²) in [6.07, 6.45) is 0.250. The molecule has 4 N–H and O–H groups in total. The lowest BCUT2D eigenvalue weighted by molar-refractivity contribution is -0.120. The van der Waals surface area contributed by atoms with Gasteiger partial charge in [0.15, 0.2) is 0 Å². The van der Waals surface area contributed by atoms with Gasteiger partial charge in [-0.3, -0.25) is 14.4 Å². The van der Waals surface area contributed by atoms with Crippen LogP contribution in [-0.2, 0) is 21.5 Å². The molecule has 0 fully saturated rings. The van der Waals surface area contributed by atoms with Crippen LogP contribution < -0.4 is 21.3 Å². The van der Waals surface area contributed by atoms with E-state index in [0.717, 1.165) is 5.56 Å². The van der Waals surface area contributed by atoms with Gasteiger partial charge in [-0.2, -0.15) is 0 Å². The monoisotopic (exact) mass is 574 g/mol. The number of nitrogens with one attached hydrogen (secondary N) is 4. The molecule has 4 rings (SSSR count). The molecule has 7 nitrogen and oxygen atoms in total. The molecule has 35 heavy (non-hydrogen) atoms. The van der Waals surface area contributed by atoms with Crippen molar-refractivity contribution in [2.24, 2.45) is 0 Å². The fourth-order valence-corrected chi connectivity index (χ4v) is 4.78. The normalized spacial score (nSPS) is 16.3. The van der Waals surface area contributed by atoms with E-state index in [1.807, 2.05) is 12.1 Å². The molecule has 3 aromatic carbocycles. The predicted molar refractivity (Wildman–Crippen MR) is 141 cm³/mol. The van der Waals surface area contributed by atoms with Crippen LogP contribution >= 0.6 is 39.1 Å². The van der Waals surface area contributed by atoms with Crippen molar-refractivity contribution in [2.45, 2.75) is 12.0 Å². The van der Waals surface area contributed by atoms with Gasteiger partial charge in [-0.05, 0) is 48.0 Å². The SMILES string of the molecule is CNC(=O)CNC(=O)c1ccc(Br)cc1NC1(Cc2cccc(Cl)c2)C(=O)Nc2cc(Cl)ccc21. The second kappa shape index (κ2) is 10.3. The highest BCUT2D eigenvalue weighted by Gasteiger charge is 2.47. The van der Waals surface area contributed by atoms with E-state index in [1.54, 1.807) is 48.5 Å². The quantitative estimate of drug-likeness (QED) is 0.327. The van der Waals surface area contributed by atoms with E-state index < -0.39 is 11.4 Å². The zero-order valence-electron chi connectivity index (χ0n) is 18.5. The fraction of sp³-hybridized carbons (Fsp3) is 0.160. The number of hydrogen-bond donors (Lipinski definition) is 4. The summed E-state index contributed by atoms with van der Waals surface area (Å²) in [4.78, 5) is 38.2. The Labute approximate surface area is 220 Å². The second-order valence-electron chi connectivity index (χ2n) is 8.03. The molecule has 10 heteroatoms. The van der Waals surface area contributed by atoms with Gasteiger partial charge >= 0.3 is 0 Å². The van der Waals surface area contributed by atoms with Gasteiger partial charge in [-0.1, -0.05) is 57.3 Å². The maximum Gasteiger partial charge on any atom is 0.255 e. The van der Waals surface area contributed by atoms with Crippen molar-refractivity contribution in [3.05, 3.63) is 91.9 Å². The van der Waals surface area contributed by atoms with Gasteiger partial charge in [-0.15, -0.1) is 0 Å². The van der Waals surface area contributed by atoms with Crippen LogP contribution in [0, 0.1) is 0 Å². The summed E-state index contributed by atoms with van der Waals surface area (Å²) in [5.74, 6) is -1.09. The molecule has 1 aliphatic rings. The van der Waals surface area contributed by atoms with E-state index in [0.29, 0.717) is 31.5 Å². The van der Waals surface area contributed by atoms with Gasteiger partial charge in [-0.25, -0.2) is 0 Å². The number of benzene rings is 3. The van der Waals surface area contributed by atoms with Crippen LogP contribution in [0.25, 0.3) is 0 Å². The van der Waals surface area contributed by atoms with E-state index in [2.05, 4.69) is 37.2 Å². The minimum atomic E-state index is -1.26. The van der Waals surface area contributed by atoms with E-state index in [-0.39, 0.29) is 30.3 Å². The molecule has 180 valence electrons. The molecule has 0 saturated carbocycles. The molecule has 0 spiro atoms. The van der Waals surface area contributed by atoms with Crippen molar-refractivity contribution in [1.82, 2.24) is 10.6 Å². The summed E-state index contributed by atoms with van der Waals surface area (Å²) in [6.45, 7) is -0.180. The van der Waals surface area contributed by atoms with Crippen molar-refractivity contribution in [3.63, 3.8) is 0 Å². The van der Waals surface area contributed by atoms with Gasteiger partial charge < -0.3 is 21.3 Å². The average Bonchev–Trinajstić information content (AvgIpc) is 3.07. The molecular weight excluding hydrogens is 555 g/mol. The summed E-state index contributed by atoms with van der Waals surface area (Å²) >= 11 is 15.9. The summed E-state index contributed by atoms with van der Waals surface area (Å²) < 4.78 is 0.704. The van der Waals surface area contributed by atoms with Crippen LogP contribution in [-0.4, -0.2) is 31.3 Å². The highest BCUT2D eigenvalue weighted by molar-refractivity contribution is 9.10. The average molecular weight is 576 g/mol. The number of carbonyl (C=O) groups is 3. The van der Waals surface area contributed by atoms with Crippen LogP contribution in [0.15, 0.2) is 65.1 Å². The number of hydrogen-bond acceptors (Lipinski definition) is 4. The maximum absolute atomic E-state index is 13.6. The third-order valence-corrected chi connectivity index (χ3v) is 6.66. The molecule has 0 aromatic heterocycles. The third-order valence-electron chi connectivity index (χ3n) is 5.70. The minimum absolute atomic E-state index is 0.180. The molecular formula is C25H21BrCl2N4O3. The highest BCUT2D eigenvalue weighted by atomic mass is 79.9. The van der Waals surface area contributed by atoms with Gasteiger partial charge in [0, 0.05) is 44.9 Å². The molecule has 0 aliphatic carbocycles. The van der Waals surface area contributed by atoms with Gasteiger partial charge in [0.25, 0.3) is 11.8 Å². The first-order valence-electron chi connectivity index (χ1n) is 10.6. The molecule has 0 radical (unpaired) electrons. The Morgan fingerprint density at radius 2 is 1.80 bits per heavy atom. The summed E-state index contributed by atoms with van der Waals surface area (Å²) in [5, 5.41) is 12.4. The molecule has 3 amide bonds. The predicted octanol–water partition coefficient (Wildman–Crippen LogP) is 4.73. The number of halogens is 3. The van der Waals surface area contributed by atoms with Gasteiger partial charge in [0.1, 0.15) is 5.54 Å². The van der Waals surface area contributed by atoms with Crippen molar-refractivity contribution in [2.75, 3.05) is 24.2 Å². The van der Waals surface area contributed by atoms with Crippen LogP contribution in [0.4, 0.5) is 11.4 Å². The molecule has 1 atom stereocenters. The zero-order chi connectivity index (χ0) is 25.2. The molecule has 1 heterocycles. The lowest BCUT2D eigenvalue weighted by atomic mass is 9.84. The summed E-state index contributed by atoms with van der Waals surface area (Å²) in [7, 11) is 1.49. The Morgan fingerprint density at radius 3 is 2.54 bits per heavy atom. The standard InChI is InChI=1S/C25H21BrCl2N4O3/c1-29-22(33)13-30-23(34)18-7-5-15(26)10-20(18)32-25(12-14-3-2-4-16(27)9-14)19-8-6-17(28)11-21(19)31-24(25)35/h2-11,32H,12-13H2,1H3,(H,29,33)(H,30,34)(H,31,35).